The molecule has 1 unspecified atom stereocenters. The van der Waals surface area contributed by atoms with Gasteiger partial charge in [-0.25, -0.2) is 14.2 Å². The summed E-state index contributed by atoms with van der Waals surface area (Å²) in [7, 11) is 0. The number of rotatable bonds is 5. The quantitative estimate of drug-likeness (QED) is 0.756. The number of hydrogen-bond acceptors (Lipinski definition) is 5. The van der Waals surface area contributed by atoms with E-state index < -0.39 is 6.09 Å². The minimum atomic E-state index is -0.582. The maximum Gasteiger partial charge on any atom is 0.411 e. The highest BCUT2D eigenvalue weighted by Gasteiger charge is 2.10. The molecule has 0 saturated heterocycles. The van der Waals surface area contributed by atoms with Crippen LogP contribution in [0.25, 0.3) is 0 Å². The lowest BCUT2D eigenvalue weighted by atomic mass is 10.1. The Balaban J connectivity index is 0.00000288. The predicted octanol–water partition coefficient (Wildman–Crippen LogP) is 3.97. The van der Waals surface area contributed by atoms with E-state index in [0.29, 0.717) is 11.5 Å². The molecule has 0 aliphatic carbocycles. The summed E-state index contributed by atoms with van der Waals surface area (Å²) >= 11 is 0. The van der Waals surface area contributed by atoms with Gasteiger partial charge in [0, 0.05) is 6.04 Å². The van der Waals surface area contributed by atoms with Crippen LogP contribution in [-0.4, -0.2) is 17.7 Å². The van der Waals surface area contributed by atoms with Gasteiger partial charge in [-0.2, -0.15) is 0 Å². The van der Waals surface area contributed by atoms with Gasteiger partial charge < -0.3 is 15.8 Å². The normalized spacial score (nSPS) is 11.1. The Morgan fingerprint density at radius 2 is 1.96 bits per heavy atom. The van der Waals surface area contributed by atoms with Crippen molar-refractivity contribution >= 4 is 35.8 Å². The van der Waals surface area contributed by atoms with Crippen LogP contribution in [0.5, 0.6) is 0 Å². The second-order valence-corrected chi connectivity index (χ2v) is 4.89. The molecule has 1 aromatic heterocycles. The Kier molecular flexibility index (Phi) is 7.26. The summed E-state index contributed by atoms with van der Waals surface area (Å²) in [5, 5.41) is 5.68. The highest BCUT2D eigenvalue weighted by molar-refractivity contribution is 5.88. The van der Waals surface area contributed by atoms with Crippen molar-refractivity contribution in [2.75, 3.05) is 23.0 Å². The van der Waals surface area contributed by atoms with Crippen LogP contribution in [0.4, 0.5) is 26.5 Å². The van der Waals surface area contributed by atoms with Crippen LogP contribution in [-0.2, 0) is 4.74 Å². The molecule has 1 aromatic carbocycles. The van der Waals surface area contributed by atoms with E-state index >= 15 is 0 Å². The van der Waals surface area contributed by atoms with Gasteiger partial charge in [-0.1, -0.05) is 12.1 Å². The molecule has 130 valence electrons. The SMILES string of the molecule is CCOC(=O)Nc1ccc(NC(C)c2ccc(F)cc2)nc1N.Cl. The van der Waals surface area contributed by atoms with Crippen LogP contribution >= 0.6 is 12.4 Å². The first-order valence-corrected chi connectivity index (χ1v) is 7.22. The van der Waals surface area contributed by atoms with Gasteiger partial charge in [0.15, 0.2) is 0 Å². The highest BCUT2D eigenvalue weighted by Crippen LogP contribution is 2.22. The molecular weight excluding hydrogens is 335 g/mol. The average Bonchev–Trinajstić information content (AvgIpc) is 2.51. The number of aromatic nitrogens is 1. The molecule has 8 heteroatoms. The van der Waals surface area contributed by atoms with Crippen LogP contribution in [0.2, 0.25) is 0 Å². The molecule has 2 rings (SSSR count). The van der Waals surface area contributed by atoms with Crippen LogP contribution in [0, 0.1) is 5.82 Å². The summed E-state index contributed by atoms with van der Waals surface area (Å²) in [5.41, 5.74) is 7.12. The fourth-order valence-corrected chi connectivity index (χ4v) is 1.99. The van der Waals surface area contributed by atoms with E-state index in [2.05, 4.69) is 15.6 Å². The van der Waals surface area contributed by atoms with Gasteiger partial charge in [0.2, 0.25) is 0 Å². The summed E-state index contributed by atoms with van der Waals surface area (Å²) in [6.45, 7) is 3.91. The standard InChI is InChI=1S/C16H19FN4O2.ClH/c1-3-23-16(22)20-13-8-9-14(21-15(13)18)19-10(2)11-4-6-12(17)7-5-11;/h4-10H,3H2,1-2H3,(H,20,22)(H3,18,19,21);1H. The van der Waals surface area contributed by atoms with Gasteiger partial charge in [0.05, 0.1) is 12.3 Å². The molecule has 6 nitrogen and oxygen atoms in total. The van der Waals surface area contributed by atoms with Gasteiger partial charge in [0.1, 0.15) is 17.5 Å². The Morgan fingerprint density at radius 1 is 1.29 bits per heavy atom. The van der Waals surface area contributed by atoms with Crippen molar-refractivity contribution in [3.05, 3.63) is 47.8 Å². The number of benzene rings is 1. The van der Waals surface area contributed by atoms with Gasteiger partial charge in [0.25, 0.3) is 0 Å². The molecule has 4 N–H and O–H groups in total. The number of nitrogens with two attached hydrogens (primary N) is 1. The van der Waals surface area contributed by atoms with E-state index in [0.717, 1.165) is 5.56 Å². The summed E-state index contributed by atoms with van der Waals surface area (Å²) in [6.07, 6.45) is -0.582. The van der Waals surface area contributed by atoms with Crippen molar-refractivity contribution in [2.45, 2.75) is 19.9 Å². The number of amides is 1. The van der Waals surface area contributed by atoms with E-state index in [1.807, 2.05) is 6.92 Å². The largest absolute Gasteiger partial charge is 0.450 e. The monoisotopic (exact) mass is 354 g/mol. The smallest absolute Gasteiger partial charge is 0.411 e. The molecule has 0 aliphatic heterocycles. The lowest BCUT2D eigenvalue weighted by Gasteiger charge is -2.16. The molecule has 1 atom stereocenters. The zero-order valence-corrected chi connectivity index (χ0v) is 14.2. The summed E-state index contributed by atoms with van der Waals surface area (Å²) in [6, 6.07) is 9.46. The highest BCUT2D eigenvalue weighted by atomic mass is 35.5. The minimum absolute atomic E-state index is 0. The van der Waals surface area contributed by atoms with Crippen molar-refractivity contribution in [3.63, 3.8) is 0 Å². The lowest BCUT2D eigenvalue weighted by molar-refractivity contribution is 0.168. The third-order valence-corrected chi connectivity index (χ3v) is 3.17. The lowest BCUT2D eigenvalue weighted by Crippen LogP contribution is -2.15. The third-order valence-electron chi connectivity index (χ3n) is 3.17. The molecule has 0 fully saturated rings. The molecule has 0 spiro atoms. The van der Waals surface area contributed by atoms with E-state index in [9.17, 15) is 9.18 Å². The molecule has 0 aliphatic rings. The van der Waals surface area contributed by atoms with E-state index in [-0.39, 0.29) is 36.7 Å². The Morgan fingerprint density at radius 3 is 2.54 bits per heavy atom. The molecule has 24 heavy (non-hydrogen) atoms. The number of pyridine rings is 1. The molecule has 0 saturated carbocycles. The third kappa shape index (κ3) is 5.27. The maximum absolute atomic E-state index is 12.9. The van der Waals surface area contributed by atoms with Crippen molar-refractivity contribution < 1.29 is 13.9 Å². The fraction of sp³-hybridized carbons (Fsp3) is 0.250. The van der Waals surface area contributed by atoms with Crippen molar-refractivity contribution in [1.82, 2.24) is 4.98 Å². The first-order chi connectivity index (χ1) is 11.0. The van der Waals surface area contributed by atoms with Crippen molar-refractivity contribution in [3.8, 4) is 0 Å². The Bertz CT molecular complexity index is 682. The van der Waals surface area contributed by atoms with Crippen LogP contribution in [0.15, 0.2) is 36.4 Å². The number of halogens is 2. The number of carbonyl (C=O) groups is 1. The maximum atomic E-state index is 12.9. The van der Waals surface area contributed by atoms with Gasteiger partial charge in [-0.15, -0.1) is 12.4 Å². The van der Waals surface area contributed by atoms with Crippen LogP contribution in [0.3, 0.4) is 0 Å². The first-order valence-electron chi connectivity index (χ1n) is 7.22. The average molecular weight is 355 g/mol. The molecule has 1 amide bonds. The second-order valence-electron chi connectivity index (χ2n) is 4.89. The summed E-state index contributed by atoms with van der Waals surface area (Å²) < 4.78 is 17.7. The second kappa shape index (κ2) is 8.93. The molecule has 2 aromatic rings. The number of carbonyl (C=O) groups excluding carboxylic acids is 1. The van der Waals surface area contributed by atoms with E-state index in [1.165, 1.54) is 12.1 Å². The molecule has 1 heterocycles. The van der Waals surface area contributed by atoms with E-state index in [1.54, 1.807) is 31.2 Å². The number of nitrogens with one attached hydrogen (secondary N) is 2. The Labute approximate surface area is 146 Å². The summed E-state index contributed by atoms with van der Waals surface area (Å²) in [5.74, 6) is 0.445. The van der Waals surface area contributed by atoms with Gasteiger partial charge >= 0.3 is 6.09 Å². The van der Waals surface area contributed by atoms with Crippen LogP contribution < -0.4 is 16.4 Å². The summed E-state index contributed by atoms with van der Waals surface area (Å²) in [4.78, 5) is 15.6. The van der Waals surface area contributed by atoms with Gasteiger partial charge in [-0.3, -0.25) is 5.32 Å². The zero-order valence-electron chi connectivity index (χ0n) is 13.4. The van der Waals surface area contributed by atoms with Gasteiger partial charge in [-0.05, 0) is 43.7 Å². The number of anilines is 3. The van der Waals surface area contributed by atoms with Crippen molar-refractivity contribution in [2.24, 2.45) is 0 Å². The number of ether oxygens (including phenoxy) is 1. The fourth-order valence-electron chi connectivity index (χ4n) is 1.99. The topological polar surface area (TPSA) is 89.3 Å². The minimum Gasteiger partial charge on any atom is -0.450 e. The molecule has 0 radical (unpaired) electrons. The number of hydrogen-bond donors (Lipinski definition) is 3. The molecule has 0 bridgehead atoms. The van der Waals surface area contributed by atoms with Crippen molar-refractivity contribution in [1.29, 1.82) is 0 Å². The van der Waals surface area contributed by atoms with E-state index in [4.69, 9.17) is 10.5 Å². The zero-order chi connectivity index (χ0) is 16.8. The Hall–Kier alpha value is -2.54. The number of nitrogen functional groups attached to an aromatic ring is 1. The number of nitrogens with zero attached hydrogens (tertiary/aromatic N) is 1. The predicted molar refractivity (Wildman–Crippen MR) is 95.0 cm³/mol. The first kappa shape index (κ1) is 19.5. The molecular formula is C16H20ClFN4O2. The van der Waals surface area contributed by atoms with Crippen LogP contribution in [0.1, 0.15) is 25.5 Å².